The number of benzene rings is 1. The van der Waals surface area contributed by atoms with Crippen LogP contribution in [0, 0.1) is 0 Å². The number of nitrogens with zero attached hydrogens (tertiary/aromatic N) is 1. The fourth-order valence-corrected chi connectivity index (χ4v) is 3.53. The molecular formula is C19H24N2O3. The Hall–Kier alpha value is -2.11. The van der Waals surface area contributed by atoms with E-state index >= 15 is 0 Å². The van der Waals surface area contributed by atoms with Gasteiger partial charge in [-0.05, 0) is 42.0 Å². The number of methoxy groups -OCH3 is 1. The molecule has 1 aliphatic carbocycles. The molecule has 1 aromatic heterocycles. The van der Waals surface area contributed by atoms with Crippen molar-refractivity contribution in [3.63, 3.8) is 0 Å². The summed E-state index contributed by atoms with van der Waals surface area (Å²) < 4.78 is 4.75. The van der Waals surface area contributed by atoms with E-state index in [4.69, 9.17) is 4.74 Å². The van der Waals surface area contributed by atoms with Crippen molar-refractivity contribution < 1.29 is 14.6 Å². The number of carbonyl (C=O) groups is 1. The number of aromatic nitrogens is 1. The summed E-state index contributed by atoms with van der Waals surface area (Å²) in [6.07, 6.45) is 4.79. The molecule has 5 heteroatoms. The number of nitrogens with one attached hydrogen (secondary N) is 1. The van der Waals surface area contributed by atoms with E-state index in [1.807, 2.05) is 12.3 Å². The van der Waals surface area contributed by atoms with Gasteiger partial charge >= 0.3 is 5.97 Å². The molecule has 0 aliphatic heterocycles. The van der Waals surface area contributed by atoms with Gasteiger partial charge in [0.25, 0.3) is 0 Å². The van der Waals surface area contributed by atoms with Crippen molar-refractivity contribution >= 4 is 5.97 Å². The first kappa shape index (κ1) is 16.7. The molecule has 0 bridgehead atoms. The van der Waals surface area contributed by atoms with Crippen molar-refractivity contribution in [3.8, 4) is 0 Å². The highest BCUT2D eigenvalue weighted by Gasteiger charge is 2.27. The van der Waals surface area contributed by atoms with E-state index in [1.165, 1.54) is 18.2 Å². The number of aromatic amines is 1. The average molecular weight is 328 g/mol. The third-order valence-electron chi connectivity index (χ3n) is 4.68. The number of esters is 1. The normalized spacial score (nSPS) is 16.4. The largest absolute Gasteiger partial charge is 0.464 e. The Balaban J connectivity index is 1.77. The number of aliphatic hydroxyl groups is 1. The van der Waals surface area contributed by atoms with Crippen LogP contribution in [0.15, 0.2) is 36.5 Å². The van der Waals surface area contributed by atoms with Gasteiger partial charge < -0.3 is 14.8 Å². The summed E-state index contributed by atoms with van der Waals surface area (Å²) in [5.74, 6) is -0.352. The summed E-state index contributed by atoms with van der Waals surface area (Å²) in [7, 11) is 1.38. The minimum Gasteiger partial charge on any atom is -0.464 e. The molecular weight excluding hydrogens is 304 g/mol. The zero-order valence-corrected chi connectivity index (χ0v) is 14.0. The number of rotatable bonds is 7. The average Bonchev–Trinajstić information content (AvgIpc) is 3.25. The van der Waals surface area contributed by atoms with Gasteiger partial charge in [0.05, 0.1) is 7.11 Å². The lowest BCUT2D eigenvalue weighted by atomic mass is 10.1. The molecule has 0 amide bonds. The zero-order valence-electron chi connectivity index (χ0n) is 14.0. The van der Waals surface area contributed by atoms with E-state index in [2.05, 4.69) is 34.1 Å². The Morgan fingerprint density at radius 1 is 1.42 bits per heavy atom. The van der Waals surface area contributed by atoms with Crippen LogP contribution in [-0.4, -0.2) is 41.2 Å². The SMILES string of the molecule is COC(=O)c1cc(CN(CCCO)C2CCc3ccccc32)c[nH]1. The zero-order chi connectivity index (χ0) is 16.9. The molecule has 5 nitrogen and oxygen atoms in total. The lowest BCUT2D eigenvalue weighted by Crippen LogP contribution is -2.28. The van der Waals surface area contributed by atoms with E-state index in [-0.39, 0.29) is 12.6 Å². The summed E-state index contributed by atoms with van der Waals surface area (Å²) in [5.41, 5.74) is 4.33. The van der Waals surface area contributed by atoms with E-state index in [0.717, 1.165) is 37.9 Å². The van der Waals surface area contributed by atoms with E-state index in [9.17, 15) is 9.90 Å². The minimum absolute atomic E-state index is 0.186. The van der Waals surface area contributed by atoms with Gasteiger partial charge in [-0.2, -0.15) is 0 Å². The number of ether oxygens (including phenoxy) is 1. The molecule has 0 fully saturated rings. The highest BCUT2D eigenvalue weighted by Crippen LogP contribution is 2.36. The lowest BCUT2D eigenvalue weighted by molar-refractivity contribution is 0.0594. The third-order valence-corrected chi connectivity index (χ3v) is 4.68. The quantitative estimate of drug-likeness (QED) is 0.767. The summed E-state index contributed by atoms with van der Waals surface area (Å²) in [6.45, 7) is 1.76. The molecule has 2 aromatic rings. The van der Waals surface area contributed by atoms with Crippen LogP contribution in [0.2, 0.25) is 0 Å². The molecule has 1 heterocycles. The maximum Gasteiger partial charge on any atom is 0.354 e. The summed E-state index contributed by atoms with van der Waals surface area (Å²) in [6, 6.07) is 10.8. The molecule has 0 radical (unpaired) electrons. The summed E-state index contributed by atoms with van der Waals surface area (Å²) in [5, 5.41) is 9.23. The van der Waals surface area contributed by atoms with Crippen LogP contribution in [0.3, 0.4) is 0 Å². The van der Waals surface area contributed by atoms with Crippen LogP contribution in [0.1, 0.15) is 46.1 Å². The summed E-state index contributed by atoms with van der Waals surface area (Å²) in [4.78, 5) is 17.0. The molecule has 0 saturated heterocycles. The van der Waals surface area contributed by atoms with Crippen LogP contribution >= 0.6 is 0 Å². The van der Waals surface area contributed by atoms with Gasteiger partial charge in [-0.3, -0.25) is 4.90 Å². The first-order valence-corrected chi connectivity index (χ1v) is 8.41. The lowest BCUT2D eigenvalue weighted by Gasteiger charge is -2.29. The fraction of sp³-hybridized carbons (Fsp3) is 0.421. The van der Waals surface area contributed by atoms with E-state index < -0.39 is 0 Å². The molecule has 128 valence electrons. The van der Waals surface area contributed by atoms with Crippen molar-refractivity contribution in [2.45, 2.75) is 31.8 Å². The van der Waals surface area contributed by atoms with E-state index in [0.29, 0.717) is 11.7 Å². The second-order valence-electron chi connectivity index (χ2n) is 6.21. The van der Waals surface area contributed by atoms with Crippen molar-refractivity contribution in [3.05, 3.63) is 58.9 Å². The predicted octanol–water partition coefficient (Wildman–Crippen LogP) is 2.67. The number of hydrogen-bond donors (Lipinski definition) is 2. The Morgan fingerprint density at radius 3 is 3.04 bits per heavy atom. The van der Waals surface area contributed by atoms with Crippen LogP contribution in [0.25, 0.3) is 0 Å². The topological polar surface area (TPSA) is 65.6 Å². The van der Waals surface area contributed by atoms with Crippen LogP contribution < -0.4 is 0 Å². The van der Waals surface area contributed by atoms with Gasteiger partial charge in [0.15, 0.2) is 0 Å². The molecule has 1 aliphatic rings. The van der Waals surface area contributed by atoms with Crippen molar-refractivity contribution in [1.29, 1.82) is 0 Å². The highest BCUT2D eigenvalue weighted by atomic mass is 16.5. The second kappa shape index (κ2) is 7.64. The van der Waals surface area contributed by atoms with Crippen LogP contribution in [0.4, 0.5) is 0 Å². The van der Waals surface area contributed by atoms with Gasteiger partial charge in [-0.15, -0.1) is 0 Å². The minimum atomic E-state index is -0.352. The van der Waals surface area contributed by atoms with Crippen molar-refractivity contribution in [2.24, 2.45) is 0 Å². The number of hydrogen-bond acceptors (Lipinski definition) is 4. The number of carbonyl (C=O) groups excluding carboxylic acids is 1. The van der Waals surface area contributed by atoms with Gasteiger partial charge in [-0.25, -0.2) is 4.79 Å². The number of fused-ring (bicyclic) bond motifs is 1. The predicted molar refractivity (Wildman–Crippen MR) is 91.7 cm³/mol. The summed E-state index contributed by atoms with van der Waals surface area (Å²) >= 11 is 0. The third kappa shape index (κ3) is 3.52. The first-order chi connectivity index (χ1) is 11.7. The number of aliphatic hydroxyl groups excluding tert-OH is 1. The molecule has 1 aromatic carbocycles. The Kier molecular flexibility index (Phi) is 5.33. The van der Waals surface area contributed by atoms with Crippen LogP contribution in [0.5, 0.6) is 0 Å². The van der Waals surface area contributed by atoms with Crippen molar-refractivity contribution in [1.82, 2.24) is 9.88 Å². The molecule has 0 spiro atoms. The molecule has 0 saturated carbocycles. The molecule has 1 atom stereocenters. The Labute approximate surface area is 142 Å². The van der Waals surface area contributed by atoms with Gasteiger partial charge in [0.2, 0.25) is 0 Å². The molecule has 2 N–H and O–H groups in total. The highest BCUT2D eigenvalue weighted by molar-refractivity contribution is 5.87. The van der Waals surface area contributed by atoms with Gasteiger partial charge in [0.1, 0.15) is 5.69 Å². The van der Waals surface area contributed by atoms with E-state index in [1.54, 1.807) is 0 Å². The molecule has 3 rings (SSSR count). The first-order valence-electron chi connectivity index (χ1n) is 8.41. The molecule has 1 unspecified atom stereocenters. The Morgan fingerprint density at radius 2 is 2.25 bits per heavy atom. The smallest absolute Gasteiger partial charge is 0.354 e. The van der Waals surface area contributed by atoms with Crippen LogP contribution in [-0.2, 0) is 17.7 Å². The Bertz CT molecular complexity index is 695. The fourth-order valence-electron chi connectivity index (χ4n) is 3.53. The molecule has 24 heavy (non-hydrogen) atoms. The number of aryl methyl sites for hydroxylation is 1. The monoisotopic (exact) mass is 328 g/mol. The maximum atomic E-state index is 11.6. The number of H-pyrrole nitrogens is 1. The van der Waals surface area contributed by atoms with Gasteiger partial charge in [0, 0.05) is 31.9 Å². The second-order valence-corrected chi connectivity index (χ2v) is 6.21. The van der Waals surface area contributed by atoms with Crippen molar-refractivity contribution in [2.75, 3.05) is 20.3 Å². The van der Waals surface area contributed by atoms with Gasteiger partial charge in [-0.1, -0.05) is 24.3 Å². The maximum absolute atomic E-state index is 11.6. The standard InChI is InChI=1S/C19H24N2O3/c1-24-19(23)17-11-14(12-20-17)13-21(9-4-10-22)18-8-7-15-5-2-3-6-16(15)18/h2-3,5-6,11-12,18,20,22H,4,7-10,13H2,1H3.